The van der Waals surface area contributed by atoms with E-state index in [1.807, 2.05) is 18.2 Å². The lowest BCUT2D eigenvalue weighted by Crippen LogP contribution is -2.49. The van der Waals surface area contributed by atoms with Gasteiger partial charge in [0.05, 0.1) is 12.1 Å². The molecule has 2 aliphatic heterocycles. The molecule has 0 radical (unpaired) electrons. The highest BCUT2D eigenvalue weighted by molar-refractivity contribution is 5.38. The standard InChI is InChI=1S/C15H23N3O/c1-17-7-4-8-18(10-9-17)13-11-19-14-6-3-2-5-12(14)15(13)16/h2-3,5-6,13,15H,4,7-11,16H2,1H3. The zero-order valence-corrected chi connectivity index (χ0v) is 11.6. The summed E-state index contributed by atoms with van der Waals surface area (Å²) in [4.78, 5) is 4.90. The first kappa shape index (κ1) is 12.9. The molecule has 1 aromatic rings. The number of nitrogens with two attached hydrogens (primary N) is 1. The van der Waals surface area contributed by atoms with Crippen LogP contribution >= 0.6 is 0 Å². The van der Waals surface area contributed by atoms with Crippen LogP contribution in [0.4, 0.5) is 0 Å². The summed E-state index contributed by atoms with van der Waals surface area (Å²) in [6, 6.07) is 8.53. The molecule has 2 heterocycles. The number of nitrogens with zero attached hydrogens (tertiary/aromatic N) is 2. The Morgan fingerprint density at radius 3 is 2.89 bits per heavy atom. The van der Waals surface area contributed by atoms with Gasteiger partial charge in [0, 0.05) is 18.7 Å². The summed E-state index contributed by atoms with van der Waals surface area (Å²) in [6.45, 7) is 5.21. The Morgan fingerprint density at radius 1 is 1.16 bits per heavy atom. The number of hydrogen-bond donors (Lipinski definition) is 1. The number of ether oxygens (including phenoxy) is 1. The fraction of sp³-hybridized carbons (Fsp3) is 0.600. The van der Waals surface area contributed by atoms with Crippen molar-refractivity contribution in [2.75, 3.05) is 39.8 Å². The van der Waals surface area contributed by atoms with Gasteiger partial charge in [0.2, 0.25) is 0 Å². The van der Waals surface area contributed by atoms with Crippen molar-refractivity contribution in [3.63, 3.8) is 0 Å². The third kappa shape index (κ3) is 2.61. The van der Waals surface area contributed by atoms with Crippen molar-refractivity contribution >= 4 is 0 Å². The average molecular weight is 261 g/mol. The van der Waals surface area contributed by atoms with Gasteiger partial charge in [-0.15, -0.1) is 0 Å². The van der Waals surface area contributed by atoms with Crippen molar-refractivity contribution in [1.82, 2.24) is 9.80 Å². The maximum Gasteiger partial charge on any atom is 0.124 e. The van der Waals surface area contributed by atoms with E-state index in [1.165, 1.54) is 13.0 Å². The highest BCUT2D eigenvalue weighted by Crippen LogP contribution is 2.32. The Bertz CT molecular complexity index is 437. The minimum absolute atomic E-state index is 0.0633. The van der Waals surface area contributed by atoms with E-state index < -0.39 is 0 Å². The number of fused-ring (bicyclic) bond motifs is 1. The van der Waals surface area contributed by atoms with Crippen LogP contribution in [-0.2, 0) is 0 Å². The van der Waals surface area contributed by atoms with E-state index in [0.29, 0.717) is 12.6 Å². The first-order valence-corrected chi connectivity index (χ1v) is 7.15. The normalized spacial score (nSPS) is 29.4. The van der Waals surface area contributed by atoms with Gasteiger partial charge in [-0.3, -0.25) is 4.90 Å². The first-order chi connectivity index (χ1) is 9.25. The summed E-state index contributed by atoms with van der Waals surface area (Å²) in [5, 5.41) is 0. The summed E-state index contributed by atoms with van der Waals surface area (Å²) in [6.07, 6.45) is 1.21. The third-order valence-corrected chi connectivity index (χ3v) is 4.33. The molecule has 2 unspecified atom stereocenters. The minimum Gasteiger partial charge on any atom is -0.492 e. The predicted octanol–water partition coefficient (Wildman–Crippen LogP) is 1.08. The summed E-state index contributed by atoms with van der Waals surface area (Å²) in [7, 11) is 2.19. The monoisotopic (exact) mass is 261 g/mol. The summed E-state index contributed by atoms with van der Waals surface area (Å²) < 4.78 is 5.89. The number of rotatable bonds is 1. The Balaban J connectivity index is 1.76. The molecule has 0 amide bonds. The summed E-state index contributed by atoms with van der Waals surface area (Å²) in [5.41, 5.74) is 7.62. The molecule has 19 heavy (non-hydrogen) atoms. The molecule has 4 nitrogen and oxygen atoms in total. The third-order valence-electron chi connectivity index (χ3n) is 4.33. The van der Waals surface area contributed by atoms with Crippen LogP contribution in [0.25, 0.3) is 0 Å². The smallest absolute Gasteiger partial charge is 0.124 e. The predicted molar refractivity (Wildman–Crippen MR) is 76.3 cm³/mol. The molecular formula is C15H23N3O. The van der Waals surface area contributed by atoms with Gasteiger partial charge in [-0.25, -0.2) is 0 Å². The largest absolute Gasteiger partial charge is 0.492 e. The van der Waals surface area contributed by atoms with E-state index in [0.717, 1.165) is 30.9 Å². The second-order valence-electron chi connectivity index (χ2n) is 5.63. The van der Waals surface area contributed by atoms with E-state index in [1.54, 1.807) is 0 Å². The lowest BCUT2D eigenvalue weighted by atomic mass is 9.96. The van der Waals surface area contributed by atoms with Crippen molar-refractivity contribution < 1.29 is 4.74 Å². The Morgan fingerprint density at radius 2 is 2.00 bits per heavy atom. The molecule has 2 aliphatic rings. The van der Waals surface area contributed by atoms with E-state index in [9.17, 15) is 0 Å². The van der Waals surface area contributed by atoms with E-state index in [2.05, 4.69) is 22.9 Å². The van der Waals surface area contributed by atoms with E-state index in [4.69, 9.17) is 10.5 Å². The second-order valence-corrected chi connectivity index (χ2v) is 5.63. The topological polar surface area (TPSA) is 41.7 Å². The number of likely N-dealkylation sites (N-methyl/N-ethyl adjacent to an activating group) is 1. The SMILES string of the molecule is CN1CCCN(C2COc3ccccc3C2N)CC1. The average Bonchev–Trinajstić information content (AvgIpc) is 2.65. The molecule has 0 aromatic heterocycles. The lowest BCUT2D eigenvalue weighted by molar-refractivity contribution is 0.101. The van der Waals surface area contributed by atoms with Crippen molar-refractivity contribution in [2.24, 2.45) is 5.73 Å². The van der Waals surface area contributed by atoms with Crippen molar-refractivity contribution in [2.45, 2.75) is 18.5 Å². The van der Waals surface area contributed by atoms with E-state index in [-0.39, 0.29) is 6.04 Å². The summed E-state index contributed by atoms with van der Waals surface area (Å²) in [5.74, 6) is 0.957. The van der Waals surface area contributed by atoms with Gasteiger partial charge in [-0.1, -0.05) is 18.2 Å². The molecule has 2 N–H and O–H groups in total. The van der Waals surface area contributed by atoms with Gasteiger partial charge in [-0.2, -0.15) is 0 Å². The molecule has 0 spiro atoms. The molecule has 1 saturated heterocycles. The summed E-state index contributed by atoms with van der Waals surface area (Å²) >= 11 is 0. The molecule has 2 atom stereocenters. The van der Waals surface area contributed by atoms with Crippen LogP contribution in [-0.4, -0.2) is 55.7 Å². The van der Waals surface area contributed by atoms with Crippen LogP contribution in [0, 0.1) is 0 Å². The van der Waals surface area contributed by atoms with Gasteiger partial charge in [0.25, 0.3) is 0 Å². The van der Waals surface area contributed by atoms with Crippen LogP contribution in [0.5, 0.6) is 5.75 Å². The zero-order chi connectivity index (χ0) is 13.2. The fourth-order valence-electron chi connectivity index (χ4n) is 3.10. The van der Waals surface area contributed by atoms with Crippen LogP contribution in [0.15, 0.2) is 24.3 Å². The van der Waals surface area contributed by atoms with Crippen LogP contribution in [0.3, 0.4) is 0 Å². The molecule has 104 valence electrons. The van der Waals surface area contributed by atoms with Crippen LogP contribution < -0.4 is 10.5 Å². The molecular weight excluding hydrogens is 238 g/mol. The van der Waals surface area contributed by atoms with Gasteiger partial charge < -0.3 is 15.4 Å². The molecule has 0 aliphatic carbocycles. The van der Waals surface area contributed by atoms with Crippen LogP contribution in [0.1, 0.15) is 18.0 Å². The van der Waals surface area contributed by atoms with Crippen molar-refractivity contribution in [3.8, 4) is 5.75 Å². The maximum absolute atomic E-state index is 6.47. The van der Waals surface area contributed by atoms with Crippen molar-refractivity contribution in [1.29, 1.82) is 0 Å². The first-order valence-electron chi connectivity index (χ1n) is 7.15. The Hall–Kier alpha value is -1.10. The Labute approximate surface area is 115 Å². The number of para-hydroxylation sites is 1. The fourth-order valence-corrected chi connectivity index (χ4v) is 3.10. The molecule has 1 fully saturated rings. The Kier molecular flexibility index (Phi) is 3.73. The zero-order valence-electron chi connectivity index (χ0n) is 11.6. The second kappa shape index (κ2) is 5.49. The highest BCUT2D eigenvalue weighted by Gasteiger charge is 2.32. The highest BCUT2D eigenvalue weighted by atomic mass is 16.5. The lowest BCUT2D eigenvalue weighted by Gasteiger charge is -2.38. The molecule has 1 aromatic carbocycles. The molecule has 0 saturated carbocycles. The maximum atomic E-state index is 6.47. The molecule has 4 heteroatoms. The molecule has 0 bridgehead atoms. The number of benzene rings is 1. The van der Waals surface area contributed by atoms with Crippen molar-refractivity contribution in [3.05, 3.63) is 29.8 Å². The van der Waals surface area contributed by atoms with Gasteiger partial charge in [-0.05, 0) is 32.6 Å². The van der Waals surface area contributed by atoms with Gasteiger partial charge in [0.15, 0.2) is 0 Å². The quantitative estimate of drug-likeness (QED) is 0.821. The molecule has 3 rings (SSSR count). The van der Waals surface area contributed by atoms with Gasteiger partial charge >= 0.3 is 0 Å². The number of hydrogen-bond acceptors (Lipinski definition) is 4. The van der Waals surface area contributed by atoms with Gasteiger partial charge in [0.1, 0.15) is 12.4 Å². The van der Waals surface area contributed by atoms with E-state index >= 15 is 0 Å². The van der Waals surface area contributed by atoms with Crippen LogP contribution in [0.2, 0.25) is 0 Å². The minimum atomic E-state index is 0.0633.